The van der Waals surface area contributed by atoms with Gasteiger partial charge in [0.2, 0.25) is 5.91 Å². The fourth-order valence-corrected chi connectivity index (χ4v) is 3.80. The predicted octanol–water partition coefficient (Wildman–Crippen LogP) is 1.83. The molecular formula is C10H13BrN2OS2. The van der Waals surface area contributed by atoms with Gasteiger partial charge < -0.3 is 10.6 Å². The molecule has 16 heavy (non-hydrogen) atoms. The van der Waals surface area contributed by atoms with Crippen LogP contribution in [-0.2, 0) is 11.3 Å². The van der Waals surface area contributed by atoms with Gasteiger partial charge in [-0.3, -0.25) is 4.79 Å². The molecule has 0 saturated carbocycles. The Hall–Kier alpha value is -0.0400. The second kappa shape index (κ2) is 6.05. The van der Waals surface area contributed by atoms with E-state index in [0.717, 1.165) is 22.5 Å². The maximum atomic E-state index is 11.8. The summed E-state index contributed by atoms with van der Waals surface area (Å²) >= 11 is 6.88. The van der Waals surface area contributed by atoms with Crippen LogP contribution in [0.1, 0.15) is 4.88 Å². The molecule has 0 radical (unpaired) electrons. The summed E-state index contributed by atoms with van der Waals surface area (Å²) in [6.45, 7) is 1.55. The number of carbonyl (C=O) groups excluding carboxylic acids is 1. The van der Waals surface area contributed by atoms with Crippen LogP contribution in [0.25, 0.3) is 0 Å². The van der Waals surface area contributed by atoms with Gasteiger partial charge in [0.15, 0.2) is 0 Å². The Balaban J connectivity index is 1.78. The van der Waals surface area contributed by atoms with Crippen molar-refractivity contribution in [3.8, 4) is 0 Å². The van der Waals surface area contributed by atoms with Gasteiger partial charge in [-0.25, -0.2) is 0 Å². The van der Waals surface area contributed by atoms with Gasteiger partial charge in [-0.05, 0) is 22.0 Å². The number of thioether (sulfide) groups is 1. The highest BCUT2D eigenvalue weighted by Gasteiger charge is 2.20. The van der Waals surface area contributed by atoms with E-state index >= 15 is 0 Å². The molecule has 1 saturated heterocycles. The Morgan fingerprint density at radius 2 is 2.56 bits per heavy atom. The van der Waals surface area contributed by atoms with Crippen LogP contribution in [0.3, 0.4) is 0 Å². The van der Waals surface area contributed by atoms with Crippen LogP contribution >= 0.6 is 39.0 Å². The van der Waals surface area contributed by atoms with Crippen molar-refractivity contribution in [1.29, 1.82) is 0 Å². The number of nitrogens with one attached hydrogen (secondary N) is 2. The maximum Gasteiger partial charge on any atom is 0.238 e. The lowest BCUT2D eigenvalue weighted by atomic mass is 10.3. The third-order valence-electron chi connectivity index (χ3n) is 2.30. The molecule has 0 bridgehead atoms. The summed E-state index contributed by atoms with van der Waals surface area (Å²) < 4.78 is 1.08. The second-order valence-corrected chi connectivity index (χ2v) is 6.59. The quantitative estimate of drug-likeness (QED) is 0.892. The molecule has 1 aromatic rings. The first-order valence-electron chi connectivity index (χ1n) is 5.07. The van der Waals surface area contributed by atoms with Crippen molar-refractivity contribution in [2.45, 2.75) is 12.6 Å². The lowest BCUT2D eigenvalue weighted by molar-refractivity contribution is -0.122. The fraction of sp³-hybridized carbons (Fsp3) is 0.500. The molecule has 3 nitrogen and oxygen atoms in total. The van der Waals surface area contributed by atoms with Crippen LogP contribution in [-0.4, -0.2) is 30.0 Å². The van der Waals surface area contributed by atoms with Gasteiger partial charge in [0.05, 0.1) is 12.6 Å². The van der Waals surface area contributed by atoms with Crippen molar-refractivity contribution in [3.05, 3.63) is 20.8 Å². The summed E-state index contributed by atoms with van der Waals surface area (Å²) in [7, 11) is 0. The predicted molar refractivity (Wildman–Crippen MR) is 73.0 cm³/mol. The van der Waals surface area contributed by atoms with E-state index in [1.54, 1.807) is 11.3 Å². The van der Waals surface area contributed by atoms with E-state index in [2.05, 4.69) is 26.6 Å². The van der Waals surface area contributed by atoms with Crippen LogP contribution < -0.4 is 10.6 Å². The fourth-order valence-electron chi connectivity index (χ4n) is 1.48. The van der Waals surface area contributed by atoms with Gasteiger partial charge >= 0.3 is 0 Å². The van der Waals surface area contributed by atoms with Crippen molar-refractivity contribution in [1.82, 2.24) is 10.6 Å². The zero-order chi connectivity index (χ0) is 11.4. The molecule has 2 heterocycles. The lowest BCUT2D eigenvalue weighted by Crippen LogP contribution is -2.48. The SMILES string of the molecule is O=C(NCc1cc(Br)cs1)C1CSCCN1. The molecule has 0 aliphatic carbocycles. The minimum absolute atomic E-state index is 0.0258. The molecule has 1 unspecified atom stereocenters. The molecule has 1 aliphatic heterocycles. The highest BCUT2D eigenvalue weighted by Crippen LogP contribution is 2.19. The third-order valence-corrected chi connectivity index (χ3v) is 5.06. The molecule has 1 aromatic heterocycles. The Bertz CT molecular complexity index is 363. The first-order chi connectivity index (χ1) is 7.75. The molecule has 6 heteroatoms. The summed E-state index contributed by atoms with van der Waals surface area (Å²) in [5.41, 5.74) is 0. The van der Waals surface area contributed by atoms with Gasteiger partial charge in [0.25, 0.3) is 0 Å². The molecule has 1 atom stereocenters. The molecule has 1 amide bonds. The van der Waals surface area contributed by atoms with Crippen LogP contribution in [0.5, 0.6) is 0 Å². The smallest absolute Gasteiger partial charge is 0.238 e. The summed E-state index contributed by atoms with van der Waals surface area (Å²) in [6.07, 6.45) is 0. The highest BCUT2D eigenvalue weighted by atomic mass is 79.9. The van der Waals surface area contributed by atoms with Gasteiger partial charge in [-0.2, -0.15) is 11.8 Å². The molecule has 2 rings (SSSR count). The molecular weight excluding hydrogens is 308 g/mol. The monoisotopic (exact) mass is 320 g/mol. The number of hydrogen-bond acceptors (Lipinski definition) is 4. The maximum absolute atomic E-state index is 11.8. The molecule has 0 aromatic carbocycles. The number of thiophene rings is 1. The lowest BCUT2D eigenvalue weighted by Gasteiger charge is -2.22. The van der Waals surface area contributed by atoms with Crippen LogP contribution in [0.4, 0.5) is 0 Å². The van der Waals surface area contributed by atoms with E-state index in [1.165, 1.54) is 4.88 Å². The van der Waals surface area contributed by atoms with Gasteiger partial charge in [-0.1, -0.05) is 0 Å². The number of halogens is 1. The normalized spacial score (nSPS) is 20.7. The largest absolute Gasteiger partial charge is 0.350 e. The Morgan fingerprint density at radius 1 is 1.69 bits per heavy atom. The number of carbonyl (C=O) groups is 1. The van der Waals surface area contributed by atoms with Crippen LogP contribution in [0.15, 0.2) is 15.9 Å². The van der Waals surface area contributed by atoms with E-state index in [4.69, 9.17) is 0 Å². The average molecular weight is 321 g/mol. The Kier molecular flexibility index (Phi) is 4.69. The van der Waals surface area contributed by atoms with Crippen molar-refractivity contribution in [3.63, 3.8) is 0 Å². The Morgan fingerprint density at radius 3 is 3.19 bits per heavy atom. The number of amides is 1. The Labute approximate surface area is 112 Å². The van der Waals surface area contributed by atoms with E-state index in [-0.39, 0.29) is 11.9 Å². The van der Waals surface area contributed by atoms with Gasteiger partial charge in [0, 0.05) is 32.8 Å². The summed E-state index contributed by atoms with van der Waals surface area (Å²) in [4.78, 5) is 13.0. The molecule has 1 fully saturated rings. The van der Waals surface area contributed by atoms with E-state index < -0.39 is 0 Å². The molecule has 88 valence electrons. The van der Waals surface area contributed by atoms with Crippen molar-refractivity contribution < 1.29 is 4.79 Å². The average Bonchev–Trinajstić information content (AvgIpc) is 2.73. The van der Waals surface area contributed by atoms with Gasteiger partial charge in [-0.15, -0.1) is 11.3 Å². The second-order valence-electron chi connectivity index (χ2n) is 3.53. The number of rotatable bonds is 3. The standard InChI is InChI=1S/C10H13BrN2OS2/c11-7-3-8(16-5-7)4-13-10(14)9-6-15-2-1-12-9/h3,5,9,12H,1-2,4,6H2,(H,13,14). The molecule has 2 N–H and O–H groups in total. The molecule has 0 spiro atoms. The van der Waals surface area contributed by atoms with Gasteiger partial charge in [0.1, 0.15) is 0 Å². The topological polar surface area (TPSA) is 41.1 Å². The van der Waals surface area contributed by atoms with Crippen LogP contribution in [0, 0.1) is 0 Å². The molecule has 1 aliphatic rings. The van der Waals surface area contributed by atoms with Crippen LogP contribution in [0.2, 0.25) is 0 Å². The highest BCUT2D eigenvalue weighted by molar-refractivity contribution is 9.10. The van der Waals surface area contributed by atoms with Crippen molar-refractivity contribution in [2.75, 3.05) is 18.1 Å². The zero-order valence-electron chi connectivity index (χ0n) is 8.66. The first kappa shape index (κ1) is 12.4. The summed E-state index contributed by atoms with van der Waals surface area (Å²) in [5, 5.41) is 8.20. The summed E-state index contributed by atoms with van der Waals surface area (Å²) in [5.74, 6) is 2.08. The minimum atomic E-state index is -0.0258. The summed E-state index contributed by atoms with van der Waals surface area (Å²) in [6, 6.07) is 2.01. The van der Waals surface area contributed by atoms with E-state index in [1.807, 2.05) is 23.2 Å². The van der Waals surface area contributed by atoms with E-state index in [9.17, 15) is 4.79 Å². The van der Waals surface area contributed by atoms with Crippen molar-refractivity contribution in [2.24, 2.45) is 0 Å². The third kappa shape index (κ3) is 3.48. The van der Waals surface area contributed by atoms with Crippen molar-refractivity contribution >= 4 is 44.9 Å². The zero-order valence-corrected chi connectivity index (χ0v) is 11.9. The van der Waals surface area contributed by atoms with E-state index in [0.29, 0.717) is 6.54 Å². The number of hydrogen-bond donors (Lipinski definition) is 2. The first-order valence-corrected chi connectivity index (χ1v) is 7.90. The minimum Gasteiger partial charge on any atom is -0.350 e.